The van der Waals surface area contributed by atoms with Crippen molar-refractivity contribution in [2.75, 3.05) is 18.1 Å². The number of carbonyl (C=O) groups is 2. The molecular formula is C13H17NO3S2. The van der Waals surface area contributed by atoms with E-state index >= 15 is 0 Å². The standard InChI is InChI=1S/C13H17NO3S2/c15-12(2-1-10-3-5-18-8-10)14-4-6-19-9-11(14)7-13(16)17/h3,5,8,11H,1-2,4,6-7,9H2,(H,16,17). The van der Waals surface area contributed by atoms with Gasteiger partial charge in [0.2, 0.25) is 5.91 Å². The fourth-order valence-corrected chi connectivity index (χ4v) is 3.95. The van der Waals surface area contributed by atoms with Crippen molar-refractivity contribution in [1.29, 1.82) is 0 Å². The molecule has 1 saturated heterocycles. The third-order valence-corrected chi connectivity index (χ3v) is 4.99. The minimum atomic E-state index is -0.830. The molecule has 1 unspecified atom stereocenters. The number of carboxylic acid groups (broad SMARTS) is 1. The van der Waals surface area contributed by atoms with Crippen molar-refractivity contribution < 1.29 is 14.7 Å². The molecule has 1 N–H and O–H groups in total. The van der Waals surface area contributed by atoms with Crippen LogP contribution in [0, 0.1) is 0 Å². The van der Waals surface area contributed by atoms with Crippen LogP contribution in [-0.2, 0) is 16.0 Å². The first-order chi connectivity index (χ1) is 9.16. The number of thioether (sulfide) groups is 1. The Morgan fingerprint density at radius 3 is 3.00 bits per heavy atom. The van der Waals surface area contributed by atoms with Gasteiger partial charge in [0.15, 0.2) is 0 Å². The van der Waals surface area contributed by atoms with Crippen LogP contribution in [0.5, 0.6) is 0 Å². The number of hydrogen-bond acceptors (Lipinski definition) is 4. The van der Waals surface area contributed by atoms with Gasteiger partial charge in [-0.25, -0.2) is 0 Å². The molecule has 0 radical (unpaired) electrons. The smallest absolute Gasteiger partial charge is 0.305 e. The number of hydrogen-bond donors (Lipinski definition) is 1. The second-order valence-electron chi connectivity index (χ2n) is 4.55. The van der Waals surface area contributed by atoms with Crippen LogP contribution in [0.15, 0.2) is 16.8 Å². The molecule has 2 heterocycles. The van der Waals surface area contributed by atoms with E-state index in [1.54, 1.807) is 28.0 Å². The molecule has 104 valence electrons. The van der Waals surface area contributed by atoms with Crippen molar-refractivity contribution in [1.82, 2.24) is 4.90 Å². The Balaban J connectivity index is 1.89. The first-order valence-corrected chi connectivity index (χ1v) is 8.36. The zero-order valence-corrected chi connectivity index (χ0v) is 12.2. The van der Waals surface area contributed by atoms with Crippen LogP contribution < -0.4 is 0 Å². The number of aryl methyl sites for hydroxylation is 1. The Morgan fingerprint density at radius 2 is 2.32 bits per heavy atom. The lowest BCUT2D eigenvalue weighted by Crippen LogP contribution is -2.47. The maximum atomic E-state index is 12.2. The summed E-state index contributed by atoms with van der Waals surface area (Å²) in [6.07, 6.45) is 1.26. The molecule has 6 heteroatoms. The summed E-state index contributed by atoms with van der Waals surface area (Å²) in [6, 6.07) is 1.88. The van der Waals surface area contributed by atoms with Gasteiger partial charge in [0.05, 0.1) is 12.5 Å². The van der Waals surface area contributed by atoms with Crippen molar-refractivity contribution in [3.8, 4) is 0 Å². The van der Waals surface area contributed by atoms with E-state index in [4.69, 9.17) is 5.11 Å². The monoisotopic (exact) mass is 299 g/mol. The lowest BCUT2D eigenvalue weighted by atomic mass is 10.1. The van der Waals surface area contributed by atoms with Gasteiger partial charge in [0, 0.05) is 24.5 Å². The van der Waals surface area contributed by atoms with Crippen molar-refractivity contribution in [3.05, 3.63) is 22.4 Å². The molecule has 1 amide bonds. The second-order valence-corrected chi connectivity index (χ2v) is 6.48. The van der Waals surface area contributed by atoms with Gasteiger partial charge < -0.3 is 10.0 Å². The SMILES string of the molecule is O=C(O)CC1CSCCN1C(=O)CCc1ccsc1. The zero-order valence-electron chi connectivity index (χ0n) is 10.6. The summed E-state index contributed by atoms with van der Waals surface area (Å²) in [4.78, 5) is 24.8. The predicted molar refractivity (Wildman–Crippen MR) is 77.7 cm³/mol. The highest BCUT2D eigenvalue weighted by Gasteiger charge is 2.28. The molecule has 1 aliphatic rings. The summed E-state index contributed by atoms with van der Waals surface area (Å²) in [5, 5.41) is 13.0. The number of carboxylic acids is 1. The molecule has 2 rings (SSSR count). The maximum absolute atomic E-state index is 12.2. The largest absolute Gasteiger partial charge is 0.481 e. The molecule has 0 saturated carbocycles. The highest BCUT2D eigenvalue weighted by atomic mass is 32.2. The van der Waals surface area contributed by atoms with Crippen LogP contribution in [0.25, 0.3) is 0 Å². The maximum Gasteiger partial charge on any atom is 0.305 e. The van der Waals surface area contributed by atoms with E-state index in [2.05, 4.69) is 0 Å². The fourth-order valence-electron chi connectivity index (χ4n) is 2.18. The molecule has 1 fully saturated rings. The van der Waals surface area contributed by atoms with E-state index in [1.165, 1.54) is 5.56 Å². The average Bonchev–Trinajstić information content (AvgIpc) is 2.89. The molecular weight excluding hydrogens is 282 g/mol. The Kier molecular flexibility index (Phi) is 5.27. The molecule has 0 aliphatic carbocycles. The van der Waals surface area contributed by atoms with Crippen LogP contribution in [-0.4, -0.2) is 46.0 Å². The molecule has 1 aromatic rings. The van der Waals surface area contributed by atoms with E-state index in [1.807, 2.05) is 16.8 Å². The van der Waals surface area contributed by atoms with Gasteiger partial charge in [-0.05, 0) is 28.8 Å². The topological polar surface area (TPSA) is 57.6 Å². The number of thiophene rings is 1. The van der Waals surface area contributed by atoms with Crippen LogP contribution in [0.1, 0.15) is 18.4 Å². The minimum Gasteiger partial charge on any atom is -0.481 e. The van der Waals surface area contributed by atoms with Crippen LogP contribution >= 0.6 is 23.1 Å². The van der Waals surface area contributed by atoms with Crippen LogP contribution in [0.3, 0.4) is 0 Å². The van der Waals surface area contributed by atoms with Gasteiger partial charge in [-0.1, -0.05) is 0 Å². The first-order valence-electron chi connectivity index (χ1n) is 6.27. The number of aliphatic carboxylic acids is 1. The van der Waals surface area contributed by atoms with Crippen molar-refractivity contribution >= 4 is 35.0 Å². The molecule has 19 heavy (non-hydrogen) atoms. The highest BCUT2D eigenvalue weighted by molar-refractivity contribution is 7.99. The van der Waals surface area contributed by atoms with Crippen LogP contribution in [0.4, 0.5) is 0 Å². The Bertz CT molecular complexity index is 433. The van der Waals surface area contributed by atoms with Crippen molar-refractivity contribution in [3.63, 3.8) is 0 Å². The van der Waals surface area contributed by atoms with Gasteiger partial charge in [-0.15, -0.1) is 0 Å². The quantitative estimate of drug-likeness (QED) is 0.904. The van der Waals surface area contributed by atoms with E-state index in [-0.39, 0.29) is 18.4 Å². The Hall–Kier alpha value is -1.01. The second kappa shape index (κ2) is 6.96. The number of amides is 1. The number of carbonyl (C=O) groups excluding carboxylic acids is 1. The van der Waals surface area contributed by atoms with E-state index in [9.17, 15) is 9.59 Å². The summed E-state index contributed by atoms with van der Waals surface area (Å²) in [5.41, 5.74) is 1.18. The highest BCUT2D eigenvalue weighted by Crippen LogP contribution is 2.20. The van der Waals surface area contributed by atoms with E-state index < -0.39 is 5.97 Å². The van der Waals surface area contributed by atoms with Gasteiger partial charge >= 0.3 is 5.97 Å². The Morgan fingerprint density at radius 1 is 1.47 bits per heavy atom. The normalized spacial score (nSPS) is 19.4. The summed E-state index contributed by atoms with van der Waals surface area (Å²) < 4.78 is 0. The number of nitrogens with zero attached hydrogens (tertiary/aromatic N) is 1. The molecule has 4 nitrogen and oxygen atoms in total. The molecule has 1 aromatic heterocycles. The van der Waals surface area contributed by atoms with Crippen molar-refractivity contribution in [2.45, 2.75) is 25.3 Å². The van der Waals surface area contributed by atoms with Crippen LogP contribution in [0.2, 0.25) is 0 Å². The molecule has 0 bridgehead atoms. The summed E-state index contributed by atoms with van der Waals surface area (Å²) in [6.45, 7) is 0.672. The molecule has 1 aliphatic heterocycles. The van der Waals surface area contributed by atoms with Gasteiger partial charge in [-0.2, -0.15) is 23.1 Å². The molecule has 0 aromatic carbocycles. The molecule has 1 atom stereocenters. The number of rotatable bonds is 5. The van der Waals surface area contributed by atoms with Crippen molar-refractivity contribution in [2.24, 2.45) is 0 Å². The van der Waals surface area contributed by atoms with E-state index in [0.29, 0.717) is 13.0 Å². The molecule has 0 spiro atoms. The zero-order chi connectivity index (χ0) is 13.7. The lowest BCUT2D eigenvalue weighted by Gasteiger charge is -2.34. The lowest BCUT2D eigenvalue weighted by molar-refractivity contribution is -0.140. The average molecular weight is 299 g/mol. The summed E-state index contributed by atoms with van der Waals surface area (Å²) in [5.74, 6) is 0.887. The van der Waals surface area contributed by atoms with Gasteiger partial charge in [-0.3, -0.25) is 9.59 Å². The van der Waals surface area contributed by atoms with E-state index in [0.717, 1.165) is 17.9 Å². The van der Waals surface area contributed by atoms with Gasteiger partial charge in [0.1, 0.15) is 0 Å². The predicted octanol–water partition coefficient (Wildman–Crippen LogP) is 2.10. The first kappa shape index (κ1) is 14.4. The Labute approximate surface area is 120 Å². The summed E-state index contributed by atoms with van der Waals surface area (Å²) >= 11 is 3.36. The third-order valence-electron chi connectivity index (χ3n) is 3.17. The minimum absolute atomic E-state index is 0.0528. The van der Waals surface area contributed by atoms with Gasteiger partial charge in [0.25, 0.3) is 0 Å². The third kappa shape index (κ3) is 4.24. The fraction of sp³-hybridized carbons (Fsp3) is 0.538. The summed E-state index contributed by atoms with van der Waals surface area (Å²) in [7, 11) is 0.